The van der Waals surface area contributed by atoms with E-state index < -0.39 is 10.0 Å². The lowest BCUT2D eigenvalue weighted by molar-refractivity contribution is -0.115. The van der Waals surface area contributed by atoms with Crippen LogP contribution in [-0.2, 0) is 21.2 Å². The summed E-state index contributed by atoms with van der Waals surface area (Å²) in [6.45, 7) is 1.07. The standard InChI is InChI=1S/C18H18Cl2N2O3S/c19-14-7-6-13(17(20)11-14)10-18(23)21-15-4-3-5-16(12-15)26(24,25)22-8-1-2-9-22/h3-7,11-12H,1-2,8-10H2,(H,21,23). The van der Waals surface area contributed by atoms with E-state index in [1.54, 1.807) is 36.4 Å². The Labute approximate surface area is 163 Å². The molecule has 1 heterocycles. The van der Waals surface area contributed by atoms with E-state index in [-0.39, 0.29) is 17.2 Å². The lowest BCUT2D eigenvalue weighted by Gasteiger charge is -2.16. The topological polar surface area (TPSA) is 66.5 Å². The number of halogens is 2. The highest BCUT2D eigenvalue weighted by atomic mass is 35.5. The molecule has 8 heteroatoms. The van der Waals surface area contributed by atoms with Gasteiger partial charge in [0.25, 0.3) is 0 Å². The van der Waals surface area contributed by atoms with E-state index in [2.05, 4.69) is 5.32 Å². The van der Waals surface area contributed by atoms with Gasteiger partial charge in [0.05, 0.1) is 11.3 Å². The molecule has 0 radical (unpaired) electrons. The van der Waals surface area contributed by atoms with E-state index in [1.165, 1.54) is 10.4 Å². The zero-order valence-electron chi connectivity index (χ0n) is 13.9. The van der Waals surface area contributed by atoms with Gasteiger partial charge in [-0.05, 0) is 48.7 Å². The molecule has 1 aliphatic heterocycles. The summed E-state index contributed by atoms with van der Waals surface area (Å²) in [7, 11) is -3.52. The molecular weight excluding hydrogens is 395 g/mol. The lowest BCUT2D eigenvalue weighted by Crippen LogP contribution is -2.28. The Hall–Kier alpha value is -1.60. The van der Waals surface area contributed by atoms with Crippen molar-refractivity contribution >= 4 is 44.8 Å². The molecule has 0 aromatic heterocycles. The number of carbonyl (C=O) groups is 1. The average molecular weight is 413 g/mol. The monoisotopic (exact) mass is 412 g/mol. The van der Waals surface area contributed by atoms with Crippen molar-refractivity contribution in [3.8, 4) is 0 Å². The maximum atomic E-state index is 12.6. The molecular formula is C18H18Cl2N2O3S. The lowest BCUT2D eigenvalue weighted by atomic mass is 10.1. The van der Waals surface area contributed by atoms with Gasteiger partial charge in [-0.1, -0.05) is 35.3 Å². The third kappa shape index (κ3) is 4.38. The second kappa shape index (κ2) is 7.96. The number of carbonyl (C=O) groups excluding carboxylic acids is 1. The summed E-state index contributed by atoms with van der Waals surface area (Å²) in [5, 5.41) is 3.64. The number of nitrogens with one attached hydrogen (secondary N) is 1. The molecule has 1 N–H and O–H groups in total. The van der Waals surface area contributed by atoms with Gasteiger partial charge in [0.15, 0.2) is 0 Å². The summed E-state index contributed by atoms with van der Waals surface area (Å²) in [5.74, 6) is -0.287. The summed E-state index contributed by atoms with van der Waals surface area (Å²) in [5.41, 5.74) is 1.08. The zero-order chi connectivity index (χ0) is 18.7. The maximum Gasteiger partial charge on any atom is 0.243 e. The van der Waals surface area contributed by atoms with Gasteiger partial charge >= 0.3 is 0 Å². The van der Waals surface area contributed by atoms with Crippen LogP contribution in [0.3, 0.4) is 0 Å². The van der Waals surface area contributed by atoms with Crippen LogP contribution in [0, 0.1) is 0 Å². The quantitative estimate of drug-likeness (QED) is 0.807. The number of anilines is 1. The van der Waals surface area contributed by atoms with Crippen molar-refractivity contribution in [2.24, 2.45) is 0 Å². The number of sulfonamides is 1. The van der Waals surface area contributed by atoms with E-state index in [1.807, 2.05) is 0 Å². The second-order valence-corrected chi connectivity index (χ2v) is 8.88. The molecule has 0 unspecified atom stereocenters. The van der Waals surface area contributed by atoms with Gasteiger partial charge in [-0.2, -0.15) is 4.31 Å². The first-order valence-electron chi connectivity index (χ1n) is 8.20. The third-order valence-electron chi connectivity index (χ3n) is 4.19. The number of hydrogen-bond acceptors (Lipinski definition) is 3. The van der Waals surface area contributed by atoms with Crippen LogP contribution in [-0.4, -0.2) is 31.7 Å². The average Bonchev–Trinajstić information content (AvgIpc) is 3.13. The number of nitrogens with zero attached hydrogens (tertiary/aromatic N) is 1. The van der Waals surface area contributed by atoms with E-state index in [4.69, 9.17) is 23.2 Å². The van der Waals surface area contributed by atoms with Gasteiger partial charge < -0.3 is 5.32 Å². The molecule has 1 amide bonds. The Bertz CT molecular complexity index is 926. The highest BCUT2D eigenvalue weighted by Crippen LogP contribution is 2.24. The van der Waals surface area contributed by atoms with Crippen LogP contribution in [0.1, 0.15) is 18.4 Å². The first kappa shape index (κ1) is 19.2. The molecule has 0 saturated carbocycles. The molecule has 26 heavy (non-hydrogen) atoms. The predicted octanol–water partition coefficient (Wildman–Crippen LogP) is 3.96. The smallest absolute Gasteiger partial charge is 0.243 e. The molecule has 2 aromatic carbocycles. The fraction of sp³-hybridized carbons (Fsp3) is 0.278. The van der Waals surface area contributed by atoms with Crippen LogP contribution < -0.4 is 5.32 Å². The first-order valence-corrected chi connectivity index (χ1v) is 10.4. The van der Waals surface area contributed by atoms with Crippen LogP contribution in [0.5, 0.6) is 0 Å². The summed E-state index contributed by atoms with van der Waals surface area (Å²) in [6.07, 6.45) is 1.81. The van der Waals surface area contributed by atoms with Crippen LogP contribution in [0.2, 0.25) is 10.0 Å². The van der Waals surface area contributed by atoms with Crippen LogP contribution >= 0.6 is 23.2 Å². The Morgan fingerprint density at radius 1 is 1.08 bits per heavy atom. The number of hydrogen-bond donors (Lipinski definition) is 1. The maximum absolute atomic E-state index is 12.6. The molecule has 2 aromatic rings. The summed E-state index contributed by atoms with van der Waals surface area (Å²) >= 11 is 11.9. The van der Waals surface area contributed by atoms with Gasteiger partial charge in [-0.3, -0.25) is 4.79 Å². The molecule has 1 fully saturated rings. The fourth-order valence-corrected chi connectivity index (χ4v) is 4.89. The third-order valence-corrected chi connectivity index (χ3v) is 6.67. The number of rotatable bonds is 5. The molecule has 1 aliphatic rings. The summed E-state index contributed by atoms with van der Waals surface area (Å²) in [4.78, 5) is 12.5. The van der Waals surface area contributed by atoms with Gasteiger partial charge in [-0.25, -0.2) is 8.42 Å². The Morgan fingerprint density at radius 2 is 1.81 bits per heavy atom. The van der Waals surface area contributed by atoms with Gasteiger partial charge in [-0.15, -0.1) is 0 Å². The summed E-state index contributed by atoms with van der Waals surface area (Å²) < 4.78 is 26.7. The van der Waals surface area contributed by atoms with Crippen LogP contribution in [0.4, 0.5) is 5.69 Å². The Balaban J connectivity index is 1.73. The minimum absolute atomic E-state index is 0.0686. The van der Waals surface area contributed by atoms with Crippen molar-refractivity contribution in [1.29, 1.82) is 0 Å². The fourth-order valence-electron chi connectivity index (χ4n) is 2.86. The normalized spacial score (nSPS) is 15.2. The minimum Gasteiger partial charge on any atom is -0.326 e. The molecule has 0 aliphatic carbocycles. The van der Waals surface area contributed by atoms with Crippen molar-refractivity contribution in [2.45, 2.75) is 24.2 Å². The van der Waals surface area contributed by atoms with Crippen molar-refractivity contribution in [3.05, 3.63) is 58.1 Å². The van der Waals surface area contributed by atoms with Gasteiger partial charge in [0, 0.05) is 28.8 Å². The zero-order valence-corrected chi connectivity index (χ0v) is 16.2. The van der Waals surface area contributed by atoms with Crippen LogP contribution in [0.15, 0.2) is 47.4 Å². The SMILES string of the molecule is O=C(Cc1ccc(Cl)cc1Cl)Nc1cccc(S(=O)(=O)N2CCCC2)c1. The summed E-state index contributed by atoms with van der Waals surface area (Å²) in [6, 6.07) is 11.2. The van der Waals surface area contributed by atoms with E-state index >= 15 is 0 Å². The van der Waals surface area contributed by atoms with Crippen molar-refractivity contribution in [2.75, 3.05) is 18.4 Å². The van der Waals surface area contributed by atoms with E-state index in [0.717, 1.165) is 12.8 Å². The molecule has 1 saturated heterocycles. The van der Waals surface area contributed by atoms with Crippen molar-refractivity contribution in [1.82, 2.24) is 4.31 Å². The number of benzene rings is 2. The molecule has 0 spiro atoms. The van der Waals surface area contributed by atoms with Crippen molar-refractivity contribution < 1.29 is 13.2 Å². The van der Waals surface area contributed by atoms with Crippen LogP contribution in [0.25, 0.3) is 0 Å². The molecule has 0 bridgehead atoms. The second-order valence-electron chi connectivity index (χ2n) is 6.10. The Morgan fingerprint density at radius 3 is 2.50 bits per heavy atom. The van der Waals surface area contributed by atoms with Gasteiger partial charge in [0.1, 0.15) is 0 Å². The molecule has 0 atom stereocenters. The number of amides is 1. The Kier molecular flexibility index (Phi) is 5.87. The largest absolute Gasteiger partial charge is 0.326 e. The van der Waals surface area contributed by atoms with Gasteiger partial charge in [0.2, 0.25) is 15.9 Å². The molecule has 3 rings (SSSR count). The highest BCUT2D eigenvalue weighted by Gasteiger charge is 2.27. The predicted molar refractivity (Wildman–Crippen MR) is 103 cm³/mol. The molecule has 5 nitrogen and oxygen atoms in total. The van der Waals surface area contributed by atoms with E-state index in [9.17, 15) is 13.2 Å². The minimum atomic E-state index is -3.52. The molecule has 138 valence electrons. The van der Waals surface area contributed by atoms with E-state index in [0.29, 0.717) is 34.4 Å². The first-order chi connectivity index (χ1) is 12.4. The highest BCUT2D eigenvalue weighted by molar-refractivity contribution is 7.89. The van der Waals surface area contributed by atoms with Crippen molar-refractivity contribution in [3.63, 3.8) is 0 Å².